The smallest absolute Gasteiger partial charge is 0.226 e. The third-order valence-electron chi connectivity index (χ3n) is 3.83. The minimum atomic E-state index is -0.112. The predicted molar refractivity (Wildman–Crippen MR) is 84.1 cm³/mol. The molecule has 0 aromatic heterocycles. The molecule has 0 spiro atoms. The van der Waals surface area contributed by atoms with E-state index in [9.17, 15) is 9.59 Å². The highest BCUT2D eigenvalue weighted by atomic mass is 16.2. The van der Waals surface area contributed by atoms with Crippen molar-refractivity contribution < 1.29 is 9.59 Å². The zero-order valence-electron chi connectivity index (χ0n) is 12.7. The summed E-state index contributed by atoms with van der Waals surface area (Å²) in [5.41, 5.74) is 1.23. The van der Waals surface area contributed by atoms with E-state index in [1.54, 1.807) is 29.2 Å². The van der Waals surface area contributed by atoms with Gasteiger partial charge in [0.05, 0.1) is 11.6 Å². The van der Waals surface area contributed by atoms with Crippen LogP contribution in [0.5, 0.6) is 0 Å². The molecule has 1 saturated heterocycles. The van der Waals surface area contributed by atoms with E-state index in [0.717, 1.165) is 32.2 Å². The molecule has 5 heteroatoms. The van der Waals surface area contributed by atoms with Gasteiger partial charge in [-0.2, -0.15) is 5.26 Å². The Morgan fingerprint density at radius 3 is 2.64 bits per heavy atom. The fraction of sp³-hybridized carbons (Fsp3) is 0.471. The molecular formula is C17H21N3O2. The molecule has 1 aromatic rings. The molecule has 116 valence electrons. The van der Waals surface area contributed by atoms with Gasteiger partial charge in [-0.3, -0.25) is 9.59 Å². The molecule has 0 aliphatic carbocycles. The van der Waals surface area contributed by atoms with E-state index in [2.05, 4.69) is 5.32 Å². The first kappa shape index (κ1) is 16.0. The Balaban J connectivity index is 1.80. The standard InChI is InChI=1S/C17H21N3O2/c18-13-14-6-8-15(9-7-14)19-16(21)10-12-20-11-4-2-1-3-5-17(20)22/h6-9H,1-5,10-12H2,(H,19,21). The maximum absolute atomic E-state index is 12.0. The van der Waals surface area contributed by atoms with Crippen LogP contribution in [0.3, 0.4) is 0 Å². The van der Waals surface area contributed by atoms with Gasteiger partial charge < -0.3 is 10.2 Å². The number of hydrogen-bond acceptors (Lipinski definition) is 3. The van der Waals surface area contributed by atoms with Crippen LogP contribution in [0.4, 0.5) is 5.69 Å². The third-order valence-corrected chi connectivity index (χ3v) is 3.83. The van der Waals surface area contributed by atoms with Gasteiger partial charge in [-0.25, -0.2) is 0 Å². The Bertz CT molecular complexity index is 560. The number of likely N-dealkylation sites (tertiary alicyclic amines) is 1. The second kappa shape index (κ2) is 8.18. The molecule has 0 bridgehead atoms. The monoisotopic (exact) mass is 299 g/mol. The van der Waals surface area contributed by atoms with E-state index in [-0.39, 0.29) is 11.8 Å². The van der Waals surface area contributed by atoms with Gasteiger partial charge in [-0.1, -0.05) is 12.8 Å². The molecule has 1 aromatic carbocycles. The first-order valence-corrected chi connectivity index (χ1v) is 7.77. The number of carbonyl (C=O) groups excluding carboxylic acids is 2. The number of benzene rings is 1. The number of amides is 2. The molecule has 1 heterocycles. The Labute approximate surface area is 130 Å². The molecule has 0 saturated carbocycles. The summed E-state index contributed by atoms with van der Waals surface area (Å²) in [6, 6.07) is 8.78. The second-order valence-corrected chi connectivity index (χ2v) is 5.53. The van der Waals surface area contributed by atoms with E-state index in [0.29, 0.717) is 30.6 Å². The van der Waals surface area contributed by atoms with Crippen molar-refractivity contribution in [3.8, 4) is 6.07 Å². The number of carbonyl (C=O) groups is 2. The summed E-state index contributed by atoms with van der Waals surface area (Å²) in [5, 5.41) is 11.5. The molecule has 1 fully saturated rings. The van der Waals surface area contributed by atoms with Gasteiger partial charge in [0.15, 0.2) is 0 Å². The summed E-state index contributed by atoms with van der Waals surface area (Å²) in [4.78, 5) is 25.7. The highest BCUT2D eigenvalue weighted by molar-refractivity contribution is 5.91. The minimum absolute atomic E-state index is 0.112. The summed E-state index contributed by atoms with van der Waals surface area (Å²) in [6.45, 7) is 1.23. The minimum Gasteiger partial charge on any atom is -0.342 e. The summed E-state index contributed by atoms with van der Waals surface area (Å²) in [6.07, 6.45) is 5.14. The van der Waals surface area contributed by atoms with Crippen LogP contribution in [-0.2, 0) is 9.59 Å². The molecule has 1 aliphatic heterocycles. The lowest BCUT2D eigenvalue weighted by atomic mass is 10.1. The highest BCUT2D eigenvalue weighted by Crippen LogP contribution is 2.13. The lowest BCUT2D eigenvalue weighted by Crippen LogP contribution is -2.35. The predicted octanol–water partition coefficient (Wildman–Crippen LogP) is 2.68. The molecule has 22 heavy (non-hydrogen) atoms. The summed E-state index contributed by atoms with van der Waals surface area (Å²) in [7, 11) is 0. The first-order chi connectivity index (χ1) is 10.7. The first-order valence-electron chi connectivity index (χ1n) is 7.77. The van der Waals surface area contributed by atoms with Gasteiger partial charge in [0.2, 0.25) is 11.8 Å². The Morgan fingerprint density at radius 1 is 1.18 bits per heavy atom. The van der Waals surface area contributed by atoms with Crippen LogP contribution in [0.1, 0.15) is 44.1 Å². The average molecular weight is 299 g/mol. The quantitative estimate of drug-likeness (QED) is 0.929. The van der Waals surface area contributed by atoms with Gasteiger partial charge in [-0.15, -0.1) is 0 Å². The summed E-state index contributed by atoms with van der Waals surface area (Å²) >= 11 is 0. The zero-order chi connectivity index (χ0) is 15.8. The van der Waals surface area contributed by atoms with E-state index in [1.807, 2.05) is 6.07 Å². The molecule has 0 unspecified atom stereocenters. The van der Waals surface area contributed by atoms with Crippen molar-refractivity contribution in [2.45, 2.75) is 38.5 Å². The lowest BCUT2D eigenvalue weighted by molar-refractivity contribution is -0.132. The molecule has 1 aliphatic rings. The van der Waals surface area contributed by atoms with Gasteiger partial charge in [0, 0.05) is 31.6 Å². The molecule has 0 radical (unpaired) electrons. The Kier molecular flexibility index (Phi) is 5.96. The van der Waals surface area contributed by atoms with Crippen LogP contribution in [0, 0.1) is 11.3 Å². The van der Waals surface area contributed by atoms with E-state index in [4.69, 9.17) is 5.26 Å². The molecule has 0 atom stereocenters. The fourth-order valence-corrected chi connectivity index (χ4v) is 2.54. The van der Waals surface area contributed by atoms with Crippen molar-refractivity contribution in [2.24, 2.45) is 0 Å². The van der Waals surface area contributed by atoms with E-state index < -0.39 is 0 Å². The lowest BCUT2D eigenvalue weighted by Gasteiger charge is -2.24. The van der Waals surface area contributed by atoms with Crippen molar-refractivity contribution in [3.63, 3.8) is 0 Å². The van der Waals surface area contributed by atoms with Crippen molar-refractivity contribution in [3.05, 3.63) is 29.8 Å². The number of hydrogen-bond donors (Lipinski definition) is 1. The van der Waals surface area contributed by atoms with Crippen molar-refractivity contribution in [1.82, 2.24) is 4.90 Å². The van der Waals surface area contributed by atoms with E-state index >= 15 is 0 Å². The van der Waals surface area contributed by atoms with Crippen LogP contribution in [0.2, 0.25) is 0 Å². The third kappa shape index (κ3) is 4.88. The maximum atomic E-state index is 12.0. The number of rotatable bonds is 4. The van der Waals surface area contributed by atoms with Crippen molar-refractivity contribution >= 4 is 17.5 Å². The number of nitrogens with zero attached hydrogens (tertiary/aromatic N) is 2. The van der Waals surface area contributed by atoms with Gasteiger partial charge in [-0.05, 0) is 37.1 Å². The molecule has 1 N–H and O–H groups in total. The second-order valence-electron chi connectivity index (χ2n) is 5.53. The van der Waals surface area contributed by atoms with Crippen LogP contribution in [0.25, 0.3) is 0 Å². The van der Waals surface area contributed by atoms with Gasteiger partial charge in [0.25, 0.3) is 0 Å². The molecular weight excluding hydrogens is 278 g/mol. The largest absolute Gasteiger partial charge is 0.342 e. The Hall–Kier alpha value is -2.35. The van der Waals surface area contributed by atoms with Gasteiger partial charge in [0.1, 0.15) is 0 Å². The number of nitriles is 1. The summed E-state index contributed by atoms with van der Waals surface area (Å²) in [5.74, 6) is 0.0467. The van der Waals surface area contributed by atoms with Gasteiger partial charge >= 0.3 is 0 Å². The van der Waals surface area contributed by atoms with Crippen molar-refractivity contribution in [2.75, 3.05) is 18.4 Å². The van der Waals surface area contributed by atoms with Crippen LogP contribution in [-0.4, -0.2) is 29.8 Å². The SMILES string of the molecule is N#Cc1ccc(NC(=O)CCN2CCCCCCC2=O)cc1. The molecule has 5 nitrogen and oxygen atoms in total. The molecule has 2 rings (SSSR count). The van der Waals surface area contributed by atoms with Crippen LogP contribution in [0.15, 0.2) is 24.3 Å². The highest BCUT2D eigenvalue weighted by Gasteiger charge is 2.16. The number of anilines is 1. The molecule has 2 amide bonds. The number of nitrogens with one attached hydrogen (secondary N) is 1. The zero-order valence-corrected chi connectivity index (χ0v) is 12.7. The fourth-order valence-electron chi connectivity index (χ4n) is 2.54. The normalized spacial score (nSPS) is 15.6. The Morgan fingerprint density at radius 2 is 1.91 bits per heavy atom. The van der Waals surface area contributed by atoms with E-state index in [1.165, 1.54) is 0 Å². The van der Waals surface area contributed by atoms with Crippen LogP contribution >= 0.6 is 0 Å². The summed E-state index contributed by atoms with van der Waals surface area (Å²) < 4.78 is 0. The topological polar surface area (TPSA) is 73.2 Å². The van der Waals surface area contributed by atoms with Crippen LogP contribution < -0.4 is 5.32 Å². The van der Waals surface area contributed by atoms with Crippen molar-refractivity contribution in [1.29, 1.82) is 5.26 Å². The average Bonchev–Trinajstić information content (AvgIpc) is 2.51. The maximum Gasteiger partial charge on any atom is 0.226 e.